The summed E-state index contributed by atoms with van der Waals surface area (Å²) in [6, 6.07) is 5.06. The number of hydrogen-bond donors (Lipinski definition) is 1. The zero-order valence-corrected chi connectivity index (χ0v) is 10.7. The van der Waals surface area contributed by atoms with Crippen LogP contribution >= 0.6 is 15.9 Å². The Morgan fingerprint density at radius 3 is 2.50 bits per heavy atom. The molecule has 0 heterocycles. The van der Waals surface area contributed by atoms with Gasteiger partial charge < -0.3 is 5.73 Å². The zero-order valence-electron chi connectivity index (χ0n) is 9.16. The number of rotatable bonds is 2. The molecule has 1 aromatic carbocycles. The number of nitrogens with two attached hydrogens (primary N) is 1. The Kier molecular flexibility index (Phi) is 2.36. The lowest BCUT2D eigenvalue weighted by Crippen LogP contribution is -2.26. The molecule has 1 aromatic rings. The van der Waals surface area contributed by atoms with Crippen molar-refractivity contribution in [2.45, 2.75) is 25.8 Å². The molecule has 4 nitrogen and oxygen atoms in total. The highest BCUT2D eigenvalue weighted by Crippen LogP contribution is 2.61. The first-order valence-electron chi connectivity index (χ1n) is 5.01. The molecule has 2 N–H and O–H groups in total. The van der Waals surface area contributed by atoms with E-state index < -0.39 is 5.54 Å². The quantitative estimate of drug-likeness (QED) is 0.671. The van der Waals surface area contributed by atoms with Crippen molar-refractivity contribution in [2.75, 3.05) is 0 Å². The van der Waals surface area contributed by atoms with Crippen molar-refractivity contribution in [2.24, 2.45) is 11.1 Å². The summed E-state index contributed by atoms with van der Waals surface area (Å²) in [5, 5.41) is 11.0. The van der Waals surface area contributed by atoms with Crippen LogP contribution in [0.4, 0.5) is 5.69 Å². The Labute approximate surface area is 102 Å². The molecule has 1 fully saturated rings. The average molecular weight is 285 g/mol. The lowest BCUT2D eigenvalue weighted by molar-refractivity contribution is -0.386. The van der Waals surface area contributed by atoms with Crippen molar-refractivity contribution >= 4 is 21.6 Å². The molecular formula is C11H13BrN2O2. The Morgan fingerprint density at radius 2 is 2.06 bits per heavy atom. The molecule has 0 spiro atoms. The average Bonchev–Trinajstić information content (AvgIpc) is 2.66. The van der Waals surface area contributed by atoms with Gasteiger partial charge in [0.1, 0.15) is 0 Å². The van der Waals surface area contributed by atoms with Gasteiger partial charge in [-0.2, -0.15) is 0 Å². The van der Waals surface area contributed by atoms with E-state index >= 15 is 0 Å². The minimum absolute atomic E-state index is 0.0639. The fourth-order valence-corrected chi connectivity index (χ4v) is 2.49. The van der Waals surface area contributed by atoms with E-state index in [1.807, 2.05) is 13.8 Å². The van der Waals surface area contributed by atoms with Crippen molar-refractivity contribution in [3.63, 3.8) is 0 Å². The SMILES string of the molecule is CC1(C)CC1(N)c1ccc(Br)cc1[N+](=O)[O-]. The van der Waals surface area contributed by atoms with Gasteiger partial charge in [0.05, 0.1) is 16.0 Å². The first-order valence-corrected chi connectivity index (χ1v) is 5.80. The number of hydrogen-bond acceptors (Lipinski definition) is 3. The van der Waals surface area contributed by atoms with Gasteiger partial charge in [-0.15, -0.1) is 0 Å². The molecule has 1 saturated carbocycles. The maximum atomic E-state index is 11.0. The summed E-state index contributed by atoms with van der Waals surface area (Å²) in [6.45, 7) is 4.05. The summed E-state index contributed by atoms with van der Waals surface area (Å²) >= 11 is 3.24. The van der Waals surface area contributed by atoms with E-state index in [0.717, 1.165) is 6.42 Å². The smallest absolute Gasteiger partial charge is 0.275 e. The number of nitro benzene ring substituents is 1. The Morgan fingerprint density at radius 1 is 1.50 bits per heavy atom. The molecule has 0 saturated heterocycles. The molecule has 1 aliphatic rings. The monoisotopic (exact) mass is 284 g/mol. The van der Waals surface area contributed by atoms with Crippen molar-refractivity contribution in [3.05, 3.63) is 38.3 Å². The number of benzene rings is 1. The van der Waals surface area contributed by atoms with Crippen LogP contribution in [0.5, 0.6) is 0 Å². The van der Waals surface area contributed by atoms with Crippen LogP contribution in [-0.2, 0) is 5.54 Å². The summed E-state index contributed by atoms with van der Waals surface area (Å²) in [7, 11) is 0. The Balaban J connectivity index is 2.54. The minimum atomic E-state index is -0.559. The van der Waals surface area contributed by atoms with Crippen LogP contribution < -0.4 is 5.73 Å². The summed E-state index contributed by atoms with van der Waals surface area (Å²) in [4.78, 5) is 10.6. The molecule has 1 atom stereocenters. The second-order valence-corrected chi connectivity index (χ2v) is 5.87. The first kappa shape index (κ1) is 11.5. The van der Waals surface area contributed by atoms with Gasteiger partial charge in [-0.1, -0.05) is 29.8 Å². The molecule has 86 valence electrons. The Bertz CT molecular complexity index is 473. The number of nitrogens with zero attached hydrogens (tertiary/aromatic N) is 1. The molecule has 0 aromatic heterocycles. The summed E-state index contributed by atoms with van der Waals surface area (Å²) < 4.78 is 0.699. The number of nitro groups is 1. The molecule has 1 unspecified atom stereocenters. The van der Waals surface area contributed by atoms with Crippen molar-refractivity contribution in [3.8, 4) is 0 Å². The van der Waals surface area contributed by atoms with Gasteiger partial charge in [-0.05, 0) is 24.0 Å². The molecule has 2 rings (SSSR count). The van der Waals surface area contributed by atoms with E-state index in [0.29, 0.717) is 10.0 Å². The largest absolute Gasteiger partial charge is 0.321 e. The van der Waals surface area contributed by atoms with Crippen LogP contribution in [0.15, 0.2) is 22.7 Å². The van der Waals surface area contributed by atoms with Crippen LogP contribution in [-0.4, -0.2) is 4.92 Å². The topological polar surface area (TPSA) is 69.2 Å². The predicted molar refractivity (Wildman–Crippen MR) is 65.1 cm³/mol. The van der Waals surface area contributed by atoms with Gasteiger partial charge in [-0.25, -0.2) is 0 Å². The molecule has 1 aliphatic carbocycles. The summed E-state index contributed by atoms with van der Waals surface area (Å²) in [6.07, 6.45) is 0.780. The third kappa shape index (κ3) is 1.55. The molecule has 0 amide bonds. The third-order valence-electron chi connectivity index (χ3n) is 3.44. The Hall–Kier alpha value is -0.940. The highest BCUT2D eigenvalue weighted by Gasteiger charge is 2.61. The van der Waals surface area contributed by atoms with Crippen molar-refractivity contribution < 1.29 is 4.92 Å². The van der Waals surface area contributed by atoms with E-state index in [4.69, 9.17) is 5.73 Å². The second kappa shape index (κ2) is 3.28. The van der Waals surface area contributed by atoms with Gasteiger partial charge in [0.2, 0.25) is 0 Å². The standard InChI is InChI=1S/C11H13BrN2O2/c1-10(2)6-11(10,13)8-4-3-7(12)5-9(8)14(15)16/h3-5H,6,13H2,1-2H3. The molecule has 0 bridgehead atoms. The highest BCUT2D eigenvalue weighted by molar-refractivity contribution is 9.10. The van der Waals surface area contributed by atoms with Crippen molar-refractivity contribution in [1.29, 1.82) is 0 Å². The zero-order chi connectivity index (χ0) is 12.1. The number of halogens is 1. The maximum absolute atomic E-state index is 11.0. The maximum Gasteiger partial charge on any atom is 0.275 e. The minimum Gasteiger partial charge on any atom is -0.321 e. The van der Waals surface area contributed by atoms with Crippen LogP contribution in [0.25, 0.3) is 0 Å². The normalized spacial score (nSPS) is 26.5. The predicted octanol–water partition coefficient (Wildman–Crippen LogP) is 2.94. The fourth-order valence-electron chi connectivity index (χ4n) is 2.15. The van der Waals surface area contributed by atoms with E-state index in [1.54, 1.807) is 12.1 Å². The van der Waals surface area contributed by atoms with Crippen LogP contribution in [0.2, 0.25) is 0 Å². The second-order valence-electron chi connectivity index (χ2n) is 4.95. The summed E-state index contributed by atoms with van der Waals surface area (Å²) in [5.41, 5.74) is 6.32. The van der Waals surface area contributed by atoms with Gasteiger partial charge >= 0.3 is 0 Å². The van der Waals surface area contributed by atoms with Gasteiger partial charge in [0.25, 0.3) is 5.69 Å². The molecule has 16 heavy (non-hydrogen) atoms. The van der Waals surface area contributed by atoms with Crippen LogP contribution in [0, 0.1) is 15.5 Å². The molecule has 0 radical (unpaired) electrons. The third-order valence-corrected chi connectivity index (χ3v) is 3.93. The molecule has 5 heteroatoms. The first-order chi connectivity index (χ1) is 7.28. The van der Waals surface area contributed by atoms with Crippen LogP contribution in [0.3, 0.4) is 0 Å². The van der Waals surface area contributed by atoms with Gasteiger partial charge in [-0.3, -0.25) is 10.1 Å². The lowest BCUT2D eigenvalue weighted by atomic mass is 9.95. The molecular weight excluding hydrogens is 272 g/mol. The highest BCUT2D eigenvalue weighted by atomic mass is 79.9. The van der Waals surface area contributed by atoms with E-state index in [1.165, 1.54) is 6.07 Å². The molecule has 0 aliphatic heterocycles. The van der Waals surface area contributed by atoms with E-state index in [-0.39, 0.29) is 16.0 Å². The van der Waals surface area contributed by atoms with E-state index in [9.17, 15) is 10.1 Å². The lowest BCUT2D eigenvalue weighted by Gasteiger charge is -2.15. The van der Waals surface area contributed by atoms with Crippen molar-refractivity contribution in [1.82, 2.24) is 0 Å². The fraction of sp³-hybridized carbons (Fsp3) is 0.455. The van der Waals surface area contributed by atoms with E-state index in [2.05, 4.69) is 15.9 Å². The van der Waals surface area contributed by atoms with Crippen LogP contribution in [0.1, 0.15) is 25.8 Å². The summed E-state index contributed by atoms with van der Waals surface area (Å²) in [5.74, 6) is 0. The van der Waals surface area contributed by atoms with Gasteiger partial charge in [0, 0.05) is 10.5 Å². The van der Waals surface area contributed by atoms with Gasteiger partial charge in [0.15, 0.2) is 0 Å².